The molecular weight excluding hydrogens is 426 g/mol. The van der Waals surface area contributed by atoms with Crippen molar-refractivity contribution in [1.82, 2.24) is 4.90 Å². The molecule has 29 heavy (non-hydrogen) atoms. The first-order valence-electron chi connectivity index (χ1n) is 8.61. The Morgan fingerprint density at radius 1 is 1.21 bits per heavy atom. The monoisotopic (exact) mass is 441 g/mol. The molecule has 0 spiro atoms. The Bertz CT molecular complexity index is 1100. The standard InChI is InChI=1S/C21H15NO4S3/c1-25-20(24)14-6-4-13(5-7-14)17-9-8-15(26-17)11-18-19(23)22(21(27)29-18)12-16-3-2-10-28-16/h2-11H,12H2,1H3. The zero-order valence-electron chi connectivity index (χ0n) is 15.3. The van der Waals surface area contributed by atoms with Gasteiger partial charge in [-0.25, -0.2) is 4.79 Å². The quantitative estimate of drug-likeness (QED) is 0.308. The number of methoxy groups -OCH3 is 1. The summed E-state index contributed by atoms with van der Waals surface area (Å²) in [6, 6.07) is 14.5. The number of carbonyl (C=O) groups is 2. The van der Waals surface area contributed by atoms with Crippen molar-refractivity contribution in [3.8, 4) is 11.3 Å². The first-order valence-corrected chi connectivity index (χ1v) is 10.7. The lowest BCUT2D eigenvalue weighted by molar-refractivity contribution is -0.122. The number of amides is 1. The Morgan fingerprint density at radius 2 is 2.00 bits per heavy atom. The Balaban J connectivity index is 1.51. The summed E-state index contributed by atoms with van der Waals surface area (Å²) in [5, 5.41) is 1.98. The molecule has 4 rings (SSSR count). The van der Waals surface area contributed by atoms with Crippen molar-refractivity contribution in [1.29, 1.82) is 0 Å². The van der Waals surface area contributed by atoms with Gasteiger partial charge in [-0.1, -0.05) is 42.2 Å². The maximum atomic E-state index is 12.7. The molecule has 0 aliphatic carbocycles. The van der Waals surface area contributed by atoms with E-state index in [1.165, 1.54) is 18.9 Å². The van der Waals surface area contributed by atoms with Gasteiger partial charge in [0.05, 0.1) is 24.1 Å². The topological polar surface area (TPSA) is 59.8 Å². The van der Waals surface area contributed by atoms with Gasteiger partial charge in [-0.15, -0.1) is 11.3 Å². The van der Waals surface area contributed by atoms with E-state index in [2.05, 4.69) is 0 Å². The van der Waals surface area contributed by atoms with Crippen molar-refractivity contribution in [2.24, 2.45) is 0 Å². The Labute approximate surface area is 181 Å². The molecule has 1 aromatic carbocycles. The summed E-state index contributed by atoms with van der Waals surface area (Å²) in [6.45, 7) is 0.482. The summed E-state index contributed by atoms with van der Waals surface area (Å²) in [4.78, 5) is 27.5. The molecule has 8 heteroatoms. The van der Waals surface area contributed by atoms with Crippen LogP contribution in [0.25, 0.3) is 17.4 Å². The third-order valence-corrected chi connectivity index (χ3v) is 6.50. The number of ether oxygens (including phenoxy) is 1. The van der Waals surface area contributed by atoms with Crippen LogP contribution in [0.1, 0.15) is 21.0 Å². The second kappa shape index (κ2) is 8.36. The number of thiocarbonyl (C=S) groups is 1. The van der Waals surface area contributed by atoms with Crippen LogP contribution in [0.3, 0.4) is 0 Å². The van der Waals surface area contributed by atoms with Gasteiger partial charge in [-0.05, 0) is 35.7 Å². The minimum Gasteiger partial charge on any atom is -0.465 e. The highest BCUT2D eigenvalue weighted by molar-refractivity contribution is 8.26. The number of furan rings is 1. The zero-order valence-corrected chi connectivity index (χ0v) is 17.7. The van der Waals surface area contributed by atoms with Crippen molar-refractivity contribution in [3.05, 3.63) is 75.0 Å². The maximum absolute atomic E-state index is 12.7. The van der Waals surface area contributed by atoms with E-state index in [0.717, 1.165) is 10.4 Å². The van der Waals surface area contributed by atoms with Gasteiger partial charge in [0.2, 0.25) is 0 Å². The lowest BCUT2D eigenvalue weighted by atomic mass is 10.1. The number of thiophene rings is 1. The zero-order chi connectivity index (χ0) is 20.4. The van der Waals surface area contributed by atoms with Crippen LogP contribution < -0.4 is 0 Å². The van der Waals surface area contributed by atoms with Crippen LogP contribution in [-0.2, 0) is 16.1 Å². The van der Waals surface area contributed by atoms with E-state index < -0.39 is 0 Å². The third kappa shape index (κ3) is 4.19. The van der Waals surface area contributed by atoms with Gasteiger partial charge in [-0.2, -0.15) is 0 Å². The van der Waals surface area contributed by atoms with E-state index in [4.69, 9.17) is 21.4 Å². The predicted molar refractivity (Wildman–Crippen MR) is 119 cm³/mol. The fraction of sp³-hybridized carbons (Fsp3) is 0.0952. The number of esters is 1. The molecule has 1 saturated heterocycles. The fourth-order valence-electron chi connectivity index (χ4n) is 2.80. The second-order valence-electron chi connectivity index (χ2n) is 6.12. The molecule has 1 amide bonds. The van der Waals surface area contributed by atoms with Gasteiger partial charge in [0.1, 0.15) is 15.8 Å². The van der Waals surface area contributed by atoms with Crippen molar-refractivity contribution in [3.63, 3.8) is 0 Å². The van der Waals surface area contributed by atoms with Crippen molar-refractivity contribution >= 4 is 57.6 Å². The number of rotatable bonds is 5. The minimum atomic E-state index is -0.388. The van der Waals surface area contributed by atoms with Crippen LogP contribution in [-0.4, -0.2) is 28.2 Å². The van der Waals surface area contributed by atoms with E-state index in [0.29, 0.717) is 32.9 Å². The minimum absolute atomic E-state index is 0.117. The molecule has 146 valence electrons. The summed E-state index contributed by atoms with van der Waals surface area (Å²) >= 11 is 8.24. The highest BCUT2D eigenvalue weighted by atomic mass is 32.2. The van der Waals surface area contributed by atoms with Crippen molar-refractivity contribution < 1.29 is 18.7 Å². The molecule has 5 nitrogen and oxygen atoms in total. The molecule has 0 bridgehead atoms. The van der Waals surface area contributed by atoms with Crippen molar-refractivity contribution in [2.45, 2.75) is 6.54 Å². The van der Waals surface area contributed by atoms with Crippen LogP contribution in [0.2, 0.25) is 0 Å². The summed E-state index contributed by atoms with van der Waals surface area (Å²) in [5.41, 5.74) is 1.29. The molecule has 0 saturated carbocycles. The van der Waals surface area contributed by atoms with Gasteiger partial charge < -0.3 is 9.15 Å². The van der Waals surface area contributed by atoms with E-state index >= 15 is 0 Å². The smallest absolute Gasteiger partial charge is 0.337 e. The molecule has 3 heterocycles. The Hall–Kier alpha value is -2.68. The number of benzene rings is 1. The van der Waals surface area contributed by atoms with Gasteiger partial charge in [0.15, 0.2) is 0 Å². The summed E-state index contributed by atoms with van der Waals surface area (Å²) < 4.78 is 11.1. The second-order valence-corrected chi connectivity index (χ2v) is 8.83. The average Bonchev–Trinajstić information content (AvgIpc) is 3.47. The molecule has 0 radical (unpaired) electrons. The molecule has 1 fully saturated rings. The predicted octanol–water partition coefficient (Wildman–Crippen LogP) is 5.20. The first kappa shape index (κ1) is 19.6. The first-order chi connectivity index (χ1) is 14.0. The van der Waals surface area contributed by atoms with Gasteiger partial charge >= 0.3 is 5.97 Å². The number of hydrogen-bond acceptors (Lipinski definition) is 7. The molecule has 1 aliphatic rings. The molecule has 1 aliphatic heterocycles. The summed E-state index contributed by atoms with van der Waals surface area (Å²) in [7, 11) is 1.35. The molecular formula is C21H15NO4S3. The molecule has 0 N–H and O–H groups in total. The normalized spacial score (nSPS) is 15.3. The van der Waals surface area contributed by atoms with Crippen LogP contribution in [0.4, 0.5) is 0 Å². The van der Waals surface area contributed by atoms with Gasteiger partial charge in [0.25, 0.3) is 5.91 Å². The van der Waals surface area contributed by atoms with Gasteiger partial charge in [-0.3, -0.25) is 9.69 Å². The van der Waals surface area contributed by atoms with E-state index in [1.807, 2.05) is 23.6 Å². The van der Waals surface area contributed by atoms with Crippen LogP contribution in [0.15, 0.2) is 63.2 Å². The highest BCUT2D eigenvalue weighted by Gasteiger charge is 2.32. The number of nitrogens with zero attached hydrogens (tertiary/aromatic N) is 1. The average molecular weight is 442 g/mol. The largest absolute Gasteiger partial charge is 0.465 e. The molecule has 2 aromatic heterocycles. The number of hydrogen-bond donors (Lipinski definition) is 0. The fourth-order valence-corrected chi connectivity index (χ4v) is 4.73. The number of thioether (sulfide) groups is 1. The highest BCUT2D eigenvalue weighted by Crippen LogP contribution is 2.35. The van der Waals surface area contributed by atoms with Crippen LogP contribution >= 0.6 is 35.3 Å². The summed E-state index contributed by atoms with van der Waals surface area (Å²) in [6.07, 6.45) is 1.71. The van der Waals surface area contributed by atoms with Crippen molar-refractivity contribution in [2.75, 3.05) is 7.11 Å². The number of carbonyl (C=O) groups excluding carboxylic acids is 2. The lowest BCUT2D eigenvalue weighted by Crippen LogP contribution is -2.26. The van der Waals surface area contributed by atoms with E-state index in [1.54, 1.807) is 52.6 Å². The van der Waals surface area contributed by atoms with Gasteiger partial charge in [0, 0.05) is 16.5 Å². The third-order valence-electron chi connectivity index (χ3n) is 4.26. The SMILES string of the molecule is COC(=O)c1ccc(-c2ccc(C=C3SC(=S)N(Cc4cccs4)C3=O)o2)cc1. The maximum Gasteiger partial charge on any atom is 0.337 e. The molecule has 3 aromatic rings. The molecule has 0 atom stereocenters. The van der Waals surface area contributed by atoms with E-state index in [9.17, 15) is 9.59 Å². The Kier molecular flexibility index (Phi) is 5.66. The summed E-state index contributed by atoms with van der Waals surface area (Å²) in [5.74, 6) is 0.699. The Morgan fingerprint density at radius 3 is 2.69 bits per heavy atom. The van der Waals surface area contributed by atoms with Crippen LogP contribution in [0, 0.1) is 0 Å². The van der Waals surface area contributed by atoms with E-state index in [-0.39, 0.29) is 11.9 Å². The molecule has 0 unspecified atom stereocenters. The lowest BCUT2D eigenvalue weighted by Gasteiger charge is -2.12. The van der Waals surface area contributed by atoms with Crippen LogP contribution in [0.5, 0.6) is 0 Å².